The molecule has 1 amide bonds. The van der Waals surface area contributed by atoms with E-state index >= 15 is 0 Å². The second-order valence-corrected chi connectivity index (χ2v) is 3.02. The summed E-state index contributed by atoms with van der Waals surface area (Å²) in [5.41, 5.74) is 6.19. The van der Waals surface area contributed by atoms with Crippen LogP contribution < -0.4 is 11.1 Å². The molecule has 7 nitrogen and oxygen atoms in total. The number of hydrogen-bond acceptors (Lipinski definition) is 6. The Labute approximate surface area is 90.6 Å². The van der Waals surface area contributed by atoms with E-state index in [0.29, 0.717) is 5.69 Å². The van der Waals surface area contributed by atoms with Crippen molar-refractivity contribution in [2.24, 2.45) is 0 Å². The lowest BCUT2D eigenvalue weighted by molar-refractivity contribution is 0.0944. The van der Waals surface area contributed by atoms with E-state index in [1.165, 1.54) is 18.4 Å². The Morgan fingerprint density at radius 3 is 2.88 bits per heavy atom. The van der Waals surface area contributed by atoms with Crippen molar-refractivity contribution in [1.29, 1.82) is 0 Å². The fourth-order valence-electron chi connectivity index (χ4n) is 1.05. The molecule has 0 aliphatic carbocycles. The van der Waals surface area contributed by atoms with Gasteiger partial charge < -0.3 is 15.6 Å². The van der Waals surface area contributed by atoms with Crippen molar-refractivity contribution in [2.75, 3.05) is 5.73 Å². The summed E-state index contributed by atoms with van der Waals surface area (Å²) in [5.74, 6) is -0.0662. The summed E-state index contributed by atoms with van der Waals surface area (Å²) in [6, 6.07) is 4.67. The van der Waals surface area contributed by atoms with Gasteiger partial charge in [0.25, 0.3) is 5.91 Å². The number of nitrogen functional groups attached to an aromatic ring is 1. The van der Waals surface area contributed by atoms with Gasteiger partial charge in [0.15, 0.2) is 5.69 Å². The third-order valence-electron chi connectivity index (χ3n) is 1.84. The molecule has 16 heavy (non-hydrogen) atoms. The predicted molar refractivity (Wildman–Crippen MR) is 54.1 cm³/mol. The second kappa shape index (κ2) is 4.39. The monoisotopic (exact) mass is 219 g/mol. The van der Waals surface area contributed by atoms with Crippen LogP contribution in [0.5, 0.6) is 0 Å². The maximum Gasteiger partial charge on any atom is 0.272 e. The molecule has 2 rings (SSSR count). The smallest absolute Gasteiger partial charge is 0.272 e. The topological polar surface area (TPSA) is 107 Å². The molecule has 3 N–H and O–H groups in total. The molecule has 2 aromatic rings. The fourth-order valence-corrected chi connectivity index (χ4v) is 1.05. The molecular formula is C9H9N5O2. The molecule has 0 aliphatic heterocycles. The molecule has 0 unspecified atom stereocenters. The highest BCUT2D eigenvalue weighted by molar-refractivity contribution is 5.92. The molecule has 82 valence electrons. The van der Waals surface area contributed by atoms with Gasteiger partial charge >= 0.3 is 0 Å². The molecule has 0 fully saturated rings. The van der Waals surface area contributed by atoms with Gasteiger partial charge in [0.05, 0.1) is 6.54 Å². The maximum atomic E-state index is 11.5. The minimum Gasteiger partial charge on any atom is -0.382 e. The lowest BCUT2D eigenvalue weighted by atomic mass is 10.3. The van der Waals surface area contributed by atoms with Crippen LogP contribution in [0.1, 0.15) is 16.2 Å². The van der Waals surface area contributed by atoms with Crippen molar-refractivity contribution in [3.63, 3.8) is 0 Å². The number of carbonyl (C=O) groups is 1. The van der Waals surface area contributed by atoms with Gasteiger partial charge in [-0.2, -0.15) is 0 Å². The molecular weight excluding hydrogens is 210 g/mol. The van der Waals surface area contributed by atoms with Gasteiger partial charge in [0.1, 0.15) is 17.8 Å². The van der Waals surface area contributed by atoms with Crippen molar-refractivity contribution < 1.29 is 9.32 Å². The Bertz CT molecular complexity index is 465. The van der Waals surface area contributed by atoms with Crippen LogP contribution in [0.2, 0.25) is 0 Å². The summed E-state index contributed by atoms with van der Waals surface area (Å²) >= 11 is 0. The molecule has 0 saturated carbocycles. The zero-order valence-electron chi connectivity index (χ0n) is 8.25. The fraction of sp³-hybridized carbons (Fsp3) is 0.111. The zero-order chi connectivity index (χ0) is 11.4. The molecule has 0 bridgehead atoms. The summed E-state index contributed by atoms with van der Waals surface area (Å²) < 4.78 is 4.62. The van der Waals surface area contributed by atoms with Crippen LogP contribution in [0.3, 0.4) is 0 Å². The quantitative estimate of drug-likeness (QED) is 0.751. The Hall–Kier alpha value is -2.44. The first-order valence-corrected chi connectivity index (χ1v) is 4.52. The van der Waals surface area contributed by atoms with Gasteiger partial charge in [-0.25, -0.2) is 0 Å². The third-order valence-corrected chi connectivity index (χ3v) is 1.84. The van der Waals surface area contributed by atoms with E-state index in [-0.39, 0.29) is 24.0 Å². The molecule has 0 spiro atoms. The first-order valence-electron chi connectivity index (χ1n) is 4.52. The highest BCUT2D eigenvalue weighted by atomic mass is 16.5. The first-order chi connectivity index (χ1) is 7.75. The highest BCUT2D eigenvalue weighted by Crippen LogP contribution is 1.98. The van der Waals surface area contributed by atoms with Crippen molar-refractivity contribution in [3.8, 4) is 0 Å². The van der Waals surface area contributed by atoms with E-state index in [9.17, 15) is 4.79 Å². The van der Waals surface area contributed by atoms with Crippen LogP contribution in [0.4, 0.5) is 5.82 Å². The first kappa shape index (κ1) is 10.1. The lowest BCUT2D eigenvalue weighted by Gasteiger charge is -2.01. The largest absolute Gasteiger partial charge is 0.382 e. The predicted octanol–water partition coefficient (Wildman–Crippen LogP) is -0.0232. The van der Waals surface area contributed by atoms with Gasteiger partial charge in [0, 0.05) is 6.07 Å². The average Bonchev–Trinajstić information content (AvgIpc) is 2.80. The molecule has 0 saturated heterocycles. The van der Waals surface area contributed by atoms with Crippen LogP contribution in [0, 0.1) is 0 Å². The average molecular weight is 219 g/mol. The molecule has 0 atom stereocenters. The van der Waals surface area contributed by atoms with E-state index in [2.05, 4.69) is 25.2 Å². The molecule has 2 aromatic heterocycles. The van der Waals surface area contributed by atoms with Gasteiger partial charge in [-0.3, -0.25) is 4.79 Å². The van der Waals surface area contributed by atoms with Gasteiger partial charge in [-0.1, -0.05) is 5.16 Å². The second-order valence-electron chi connectivity index (χ2n) is 3.02. The van der Waals surface area contributed by atoms with E-state index in [4.69, 9.17) is 5.73 Å². The summed E-state index contributed by atoms with van der Waals surface area (Å²) in [5, 5.41) is 13.5. The van der Waals surface area contributed by atoms with E-state index in [1.807, 2.05) is 0 Å². The lowest BCUT2D eigenvalue weighted by Crippen LogP contribution is -2.24. The molecule has 7 heteroatoms. The molecule has 0 aliphatic rings. The molecule has 0 aromatic carbocycles. The van der Waals surface area contributed by atoms with E-state index in [0.717, 1.165) is 0 Å². The Morgan fingerprint density at radius 1 is 1.38 bits per heavy atom. The van der Waals surface area contributed by atoms with Crippen molar-refractivity contribution >= 4 is 11.7 Å². The maximum absolute atomic E-state index is 11.5. The number of amides is 1. The number of rotatable bonds is 3. The Balaban J connectivity index is 1.95. The van der Waals surface area contributed by atoms with Gasteiger partial charge in [-0.05, 0) is 12.1 Å². The number of aromatic nitrogens is 3. The highest BCUT2D eigenvalue weighted by Gasteiger charge is 2.07. The molecule has 0 radical (unpaired) electrons. The number of hydrogen-bond donors (Lipinski definition) is 2. The van der Waals surface area contributed by atoms with Crippen molar-refractivity contribution in [1.82, 2.24) is 20.7 Å². The molecule has 2 heterocycles. The van der Waals surface area contributed by atoms with Crippen LogP contribution in [-0.4, -0.2) is 21.3 Å². The van der Waals surface area contributed by atoms with Crippen LogP contribution in [0.15, 0.2) is 29.0 Å². The minimum absolute atomic E-state index is 0.206. The number of nitrogens with zero attached hydrogens (tertiary/aromatic N) is 3. The van der Waals surface area contributed by atoms with E-state index < -0.39 is 0 Å². The zero-order valence-corrected chi connectivity index (χ0v) is 8.25. The van der Waals surface area contributed by atoms with Crippen molar-refractivity contribution in [2.45, 2.75) is 6.54 Å². The number of nitrogens with two attached hydrogens (primary N) is 1. The standard InChI is InChI=1S/C9H9N5O2/c10-8-2-1-7(12-13-8)9(15)11-5-6-3-4-16-14-6/h1-4H,5H2,(H2,10,13)(H,11,15). The SMILES string of the molecule is Nc1ccc(C(=O)NCc2ccon2)nn1. The van der Waals surface area contributed by atoms with Gasteiger partial charge in [-0.15, -0.1) is 10.2 Å². The normalized spacial score (nSPS) is 10.0. The number of nitrogens with one attached hydrogen (secondary N) is 1. The van der Waals surface area contributed by atoms with Gasteiger partial charge in [0.2, 0.25) is 0 Å². The summed E-state index contributed by atoms with van der Waals surface area (Å²) in [6.07, 6.45) is 1.44. The summed E-state index contributed by atoms with van der Waals surface area (Å²) in [7, 11) is 0. The van der Waals surface area contributed by atoms with Crippen LogP contribution in [0.25, 0.3) is 0 Å². The van der Waals surface area contributed by atoms with Crippen LogP contribution >= 0.6 is 0 Å². The summed E-state index contributed by atoms with van der Waals surface area (Å²) in [6.45, 7) is 0.279. The third kappa shape index (κ3) is 2.32. The summed E-state index contributed by atoms with van der Waals surface area (Å²) in [4.78, 5) is 11.5. The van der Waals surface area contributed by atoms with E-state index in [1.54, 1.807) is 6.07 Å². The Morgan fingerprint density at radius 2 is 2.25 bits per heavy atom. The number of carbonyl (C=O) groups excluding carboxylic acids is 1. The number of anilines is 1. The Kier molecular flexibility index (Phi) is 2.77. The minimum atomic E-state index is -0.337. The van der Waals surface area contributed by atoms with Crippen LogP contribution in [-0.2, 0) is 6.54 Å². The van der Waals surface area contributed by atoms with Crippen molar-refractivity contribution in [3.05, 3.63) is 35.9 Å².